The SMILES string of the molecule is Cc1ccc(C)c(N2CCN([C@H]3CCCC[C@@H]3NS(=O)(=O)c3ccc(Cl)cc3)CC2)c1. The lowest BCUT2D eigenvalue weighted by molar-refractivity contribution is 0.124. The molecule has 1 aliphatic heterocycles. The van der Waals surface area contributed by atoms with Crippen molar-refractivity contribution in [3.63, 3.8) is 0 Å². The number of hydrogen-bond donors (Lipinski definition) is 1. The molecule has 0 aromatic heterocycles. The third-order valence-electron chi connectivity index (χ3n) is 6.65. The van der Waals surface area contributed by atoms with Gasteiger partial charge in [0.1, 0.15) is 0 Å². The molecule has 0 unspecified atom stereocenters. The number of sulfonamides is 1. The number of piperazine rings is 1. The summed E-state index contributed by atoms with van der Waals surface area (Å²) in [6.07, 6.45) is 4.14. The summed E-state index contributed by atoms with van der Waals surface area (Å²) in [6, 6.07) is 13.2. The number of halogens is 1. The fraction of sp³-hybridized carbons (Fsp3) is 0.500. The fourth-order valence-electron chi connectivity index (χ4n) is 4.92. The van der Waals surface area contributed by atoms with Gasteiger partial charge in [-0.05, 0) is 68.1 Å². The summed E-state index contributed by atoms with van der Waals surface area (Å²) in [5.74, 6) is 0. The summed E-state index contributed by atoms with van der Waals surface area (Å²) in [5, 5.41) is 0.538. The Bertz CT molecular complexity index is 1000. The Labute approximate surface area is 191 Å². The second-order valence-corrected chi connectivity index (χ2v) is 11.0. The van der Waals surface area contributed by atoms with Crippen molar-refractivity contribution in [1.82, 2.24) is 9.62 Å². The molecule has 31 heavy (non-hydrogen) atoms. The van der Waals surface area contributed by atoms with Gasteiger partial charge in [0.25, 0.3) is 0 Å². The van der Waals surface area contributed by atoms with Gasteiger partial charge in [-0.2, -0.15) is 0 Å². The summed E-state index contributed by atoms with van der Waals surface area (Å²) in [6.45, 7) is 8.16. The van der Waals surface area contributed by atoms with Gasteiger partial charge < -0.3 is 4.90 Å². The molecule has 2 aliphatic rings. The van der Waals surface area contributed by atoms with Crippen molar-refractivity contribution >= 4 is 27.3 Å². The number of benzene rings is 2. The van der Waals surface area contributed by atoms with Crippen LogP contribution in [0.15, 0.2) is 47.4 Å². The van der Waals surface area contributed by atoms with E-state index in [1.165, 1.54) is 16.8 Å². The summed E-state index contributed by atoms with van der Waals surface area (Å²) in [7, 11) is -3.56. The molecule has 168 valence electrons. The molecule has 1 aliphatic carbocycles. The van der Waals surface area contributed by atoms with E-state index in [1.54, 1.807) is 24.3 Å². The average molecular weight is 462 g/mol. The standard InChI is InChI=1S/C24H32ClN3O2S/c1-18-7-8-19(2)24(17-18)28-15-13-27(14-16-28)23-6-4-3-5-22(23)26-31(29,30)21-11-9-20(25)10-12-21/h7-12,17,22-23,26H,3-6,13-16H2,1-2H3/t22-,23-/m0/s1. The van der Waals surface area contributed by atoms with Gasteiger partial charge >= 0.3 is 0 Å². The monoisotopic (exact) mass is 461 g/mol. The Morgan fingerprint density at radius 3 is 2.32 bits per heavy atom. The zero-order valence-electron chi connectivity index (χ0n) is 18.4. The molecule has 7 heteroatoms. The topological polar surface area (TPSA) is 52.6 Å². The van der Waals surface area contributed by atoms with E-state index in [2.05, 4.69) is 46.6 Å². The van der Waals surface area contributed by atoms with Gasteiger partial charge in [-0.1, -0.05) is 36.6 Å². The summed E-state index contributed by atoms with van der Waals surface area (Å²) < 4.78 is 28.9. The Balaban J connectivity index is 1.43. The minimum atomic E-state index is -3.56. The molecule has 2 aromatic rings. The Kier molecular flexibility index (Phi) is 6.92. The smallest absolute Gasteiger partial charge is 0.240 e. The summed E-state index contributed by atoms with van der Waals surface area (Å²) in [4.78, 5) is 5.24. The number of nitrogens with one attached hydrogen (secondary N) is 1. The highest BCUT2D eigenvalue weighted by Gasteiger charge is 2.34. The maximum absolute atomic E-state index is 13.0. The highest BCUT2D eigenvalue weighted by atomic mass is 35.5. The van der Waals surface area contributed by atoms with E-state index < -0.39 is 10.0 Å². The third kappa shape index (κ3) is 5.25. The lowest BCUT2D eigenvalue weighted by atomic mass is 9.89. The zero-order chi connectivity index (χ0) is 22.0. The molecular formula is C24H32ClN3O2S. The largest absolute Gasteiger partial charge is 0.369 e. The third-order valence-corrected chi connectivity index (χ3v) is 8.41. The molecule has 2 aromatic carbocycles. The zero-order valence-corrected chi connectivity index (χ0v) is 19.9. The van der Waals surface area contributed by atoms with Crippen molar-refractivity contribution in [2.24, 2.45) is 0 Å². The number of rotatable bonds is 5. The summed E-state index contributed by atoms with van der Waals surface area (Å²) in [5.41, 5.74) is 3.92. The van der Waals surface area contributed by atoms with Crippen molar-refractivity contribution in [3.05, 3.63) is 58.6 Å². The van der Waals surface area contributed by atoms with Crippen molar-refractivity contribution < 1.29 is 8.42 Å². The van der Waals surface area contributed by atoms with Crippen LogP contribution in [0.4, 0.5) is 5.69 Å². The molecule has 0 amide bonds. The number of nitrogens with zero attached hydrogens (tertiary/aromatic N) is 2. The second-order valence-electron chi connectivity index (χ2n) is 8.85. The normalized spacial score (nSPS) is 23.1. The van der Waals surface area contributed by atoms with Gasteiger partial charge in [-0.3, -0.25) is 4.90 Å². The van der Waals surface area contributed by atoms with E-state index in [1.807, 2.05) is 0 Å². The molecule has 2 fully saturated rings. The lowest BCUT2D eigenvalue weighted by Crippen LogP contribution is -2.58. The molecule has 4 rings (SSSR count). The van der Waals surface area contributed by atoms with E-state index >= 15 is 0 Å². The minimum Gasteiger partial charge on any atom is -0.369 e. The van der Waals surface area contributed by atoms with Crippen molar-refractivity contribution in [2.45, 2.75) is 56.5 Å². The first kappa shape index (κ1) is 22.6. The number of anilines is 1. The Morgan fingerprint density at radius 2 is 1.61 bits per heavy atom. The quantitative estimate of drug-likeness (QED) is 0.718. The lowest BCUT2D eigenvalue weighted by Gasteiger charge is -2.45. The molecule has 1 saturated carbocycles. The van der Waals surface area contributed by atoms with Gasteiger partial charge in [0.2, 0.25) is 10.0 Å². The van der Waals surface area contributed by atoms with Crippen molar-refractivity contribution in [1.29, 1.82) is 0 Å². The maximum atomic E-state index is 13.0. The molecule has 1 saturated heterocycles. The van der Waals surface area contributed by atoms with Crippen LogP contribution in [0.3, 0.4) is 0 Å². The van der Waals surface area contributed by atoms with Crippen LogP contribution >= 0.6 is 11.6 Å². The first-order valence-electron chi connectivity index (χ1n) is 11.2. The van der Waals surface area contributed by atoms with E-state index in [0.29, 0.717) is 5.02 Å². The van der Waals surface area contributed by atoms with Crippen LogP contribution in [0.1, 0.15) is 36.8 Å². The van der Waals surface area contributed by atoms with E-state index in [9.17, 15) is 8.42 Å². The summed E-state index contributed by atoms with van der Waals surface area (Å²) >= 11 is 5.93. The Morgan fingerprint density at radius 1 is 0.935 bits per heavy atom. The molecule has 1 N–H and O–H groups in total. The van der Waals surface area contributed by atoms with Crippen LogP contribution in [-0.4, -0.2) is 51.6 Å². The van der Waals surface area contributed by atoms with Gasteiger partial charge in [-0.25, -0.2) is 13.1 Å². The fourth-order valence-corrected chi connectivity index (χ4v) is 6.35. The van der Waals surface area contributed by atoms with Crippen LogP contribution in [0.5, 0.6) is 0 Å². The van der Waals surface area contributed by atoms with Crippen molar-refractivity contribution in [2.75, 3.05) is 31.1 Å². The van der Waals surface area contributed by atoms with E-state index in [4.69, 9.17) is 11.6 Å². The Hall–Kier alpha value is -1.60. The predicted octanol–water partition coefficient (Wildman–Crippen LogP) is 4.37. The van der Waals surface area contributed by atoms with E-state index in [-0.39, 0.29) is 17.0 Å². The van der Waals surface area contributed by atoms with Gasteiger partial charge in [0.15, 0.2) is 0 Å². The molecule has 5 nitrogen and oxygen atoms in total. The molecule has 0 bridgehead atoms. The van der Waals surface area contributed by atoms with Crippen LogP contribution in [0, 0.1) is 13.8 Å². The minimum absolute atomic E-state index is 0.0540. The number of aryl methyl sites for hydroxylation is 2. The van der Waals surface area contributed by atoms with Gasteiger partial charge in [0.05, 0.1) is 4.90 Å². The van der Waals surface area contributed by atoms with Crippen LogP contribution in [0.2, 0.25) is 5.02 Å². The molecule has 0 spiro atoms. The van der Waals surface area contributed by atoms with Crippen LogP contribution < -0.4 is 9.62 Å². The second kappa shape index (κ2) is 9.49. The molecule has 1 heterocycles. The highest BCUT2D eigenvalue weighted by Crippen LogP contribution is 2.28. The highest BCUT2D eigenvalue weighted by molar-refractivity contribution is 7.89. The van der Waals surface area contributed by atoms with Gasteiger partial charge in [-0.15, -0.1) is 0 Å². The molecule has 2 atom stereocenters. The average Bonchev–Trinajstić information content (AvgIpc) is 2.76. The van der Waals surface area contributed by atoms with E-state index in [0.717, 1.165) is 51.9 Å². The van der Waals surface area contributed by atoms with Crippen LogP contribution in [0.25, 0.3) is 0 Å². The van der Waals surface area contributed by atoms with Crippen molar-refractivity contribution in [3.8, 4) is 0 Å². The first-order valence-corrected chi connectivity index (χ1v) is 13.0. The maximum Gasteiger partial charge on any atom is 0.240 e. The molecular weight excluding hydrogens is 430 g/mol. The van der Waals surface area contributed by atoms with Gasteiger partial charge in [0, 0.05) is 49.0 Å². The van der Waals surface area contributed by atoms with Crippen LogP contribution in [-0.2, 0) is 10.0 Å². The number of hydrogen-bond acceptors (Lipinski definition) is 4. The molecule has 0 radical (unpaired) electrons. The predicted molar refractivity (Wildman–Crippen MR) is 128 cm³/mol. The first-order chi connectivity index (χ1) is 14.8.